The van der Waals surface area contributed by atoms with Crippen molar-refractivity contribution in [2.45, 2.75) is 72.9 Å². The Hall–Kier alpha value is -1.36. The van der Waals surface area contributed by atoms with Gasteiger partial charge in [0.25, 0.3) is 0 Å². The number of carbonyl (C=O) groups is 1. The van der Waals surface area contributed by atoms with E-state index in [4.69, 9.17) is 0 Å². The fraction of sp³-hybridized carbons (Fsp3) is 0.789. The lowest BCUT2D eigenvalue weighted by Crippen LogP contribution is -2.44. The van der Waals surface area contributed by atoms with Gasteiger partial charge in [0.05, 0.1) is 18.2 Å². The van der Waals surface area contributed by atoms with Crippen molar-refractivity contribution in [3.05, 3.63) is 17.0 Å². The first-order valence-electron chi connectivity index (χ1n) is 9.41. The van der Waals surface area contributed by atoms with E-state index in [1.807, 2.05) is 18.5 Å². The van der Waals surface area contributed by atoms with Gasteiger partial charge in [0.1, 0.15) is 0 Å². The lowest BCUT2D eigenvalue weighted by atomic mass is 10.1. The van der Waals surface area contributed by atoms with Crippen molar-refractivity contribution in [3.8, 4) is 0 Å². The second-order valence-electron chi connectivity index (χ2n) is 7.50. The molecule has 0 bridgehead atoms. The van der Waals surface area contributed by atoms with Gasteiger partial charge in [0.2, 0.25) is 5.91 Å². The molecule has 0 aliphatic carbocycles. The van der Waals surface area contributed by atoms with Gasteiger partial charge < -0.3 is 10.2 Å². The summed E-state index contributed by atoms with van der Waals surface area (Å²) in [6, 6.07) is 0.195. The smallest absolute Gasteiger partial charge is 0.224 e. The summed E-state index contributed by atoms with van der Waals surface area (Å²) in [4.78, 5) is 15.0. The first-order chi connectivity index (χ1) is 11.4. The van der Waals surface area contributed by atoms with Crippen LogP contribution in [0.4, 0.5) is 0 Å². The second-order valence-corrected chi connectivity index (χ2v) is 7.50. The third-order valence-corrected chi connectivity index (χ3v) is 5.26. The van der Waals surface area contributed by atoms with E-state index in [0.717, 1.165) is 17.9 Å². The average Bonchev–Trinajstić information content (AvgIpc) is 2.75. The Balaban J connectivity index is 1.82. The van der Waals surface area contributed by atoms with E-state index in [9.17, 15) is 4.79 Å². The van der Waals surface area contributed by atoms with Crippen LogP contribution in [-0.4, -0.2) is 46.3 Å². The molecule has 2 atom stereocenters. The Kier molecular flexibility index (Phi) is 6.84. The van der Waals surface area contributed by atoms with Crippen LogP contribution in [0.15, 0.2) is 0 Å². The average molecular weight is 335 g/mol. The van der Waals surface area contributed by atoms with E-state index < -0.39 is 0 Å². The zero-order valence-corrected chi connectivity index (χ0v) is 16.1. The molecule has 1 aromatic rings. The Bertz CT molecular complexity index is 544. The molecule has 0 unspecified atom stereocenters. The summed E-state index contributed by atoms with van der Waals surface area (Å²) >= 11 is 0. The number of hydrogen-bond acceptors (Lipinski definition) is 3. The zero-order chi connectivity index (χ0) is 17.7. The van der Waals surface area contributed by atoms with Crippen LogP contribution in [0, 0.1) is 26.7 Å². The van der Waals surface area contributed by atoms with Crippen molar-refractivity contribution in [1.29, 1.82) is 0 Å². The number of amides is 1. The molecule has 1 fully saturated rings. The molecule has 1 aliphatic rings. The predicted molar refractivity (Wildman–Crippen MR) is 98.1 cm³/mol. The molecule has 5 nitrogen and oxygen atoms in total. The first-order valence-corrected chi connectivity index (χ1v) is 9.41. The summed E-state index contributed by atoms with van der Waals surface area (Å²) < 4.78 is 1.97. The molecule has 136 valence electrons. The molecule has 5 heteroatoms. The molecule has 2 heterocycles. The number of aryl methyl sites for hydroxylation is 1. The van der Waals surface area contributed by atoms with Crippen LogP contribution in [0.1, 0.15) is 56.5 Å². The minimum Gasteiger partial charge on any atom is -0.352 e. The van der Waals surface area contributed by atoms with Gasteiger partial charge >= 0.3 is 0 Å². The molecule has 1 amide bonds. The highest BCUT2D eigenvalue weighted by molar-refractivity contribution is 5.78. The molecule has 0 aromatic carbocycles. The first kappa shape index (κ1) is 19.0. The Labute approximate surface area is 146 Å². The quantitative estimate of drug-likeness (QED) is 0.870. The monoisotopic (exact) mass is 334 g/mol. The van der Waals surface area contributed by atoms with Crippen molar-refractivity contribution in [2.75, 3.05) is 19.6 Å². The van der Waals surface area contributed by atoms with Gasteiger partial charge in [-0.2, -0.15) is 5.10 Å². The fourth-order valence-corrected chi connectivity index (χ4v) is 3.44. The zero-order valence-electron chi connectivity index (χ0n) is 16.1. The van der Waals surface area contributed by atoms with Crippen LogP contribution in [0.25, 0.3) is 0 Å². The van der Waals surface area contributed by atoms with Gasteiger partial charge in [0.15, 0.2) is 0 Å². The largest absolute Gasteiger partial charge is 0.352 e. The number of nitrogens with zero attached hydrogens (tertiary/aromatic N) is 3. The topological polar surface area (TPSA) is 50.2 Å². The van der Waals surface area contributed by atoms with Gasteiger partial charge in [-0.1, -0.05) is 19.8 Å². The number of aromatic nitrogens is 2. The van der Waals surface area contributed by atoms with Gasteiger partial charge in [-0.05, 0) is 59.2 Å². The van der Waals surface area contributed by atoms with Crippen LogP contribution < -0.4 is 5.32 Å². The van der Waals surface area contributed by atoms with Crippen molar-refractivity contribution in [2.24, 2.45) is 5.92 Å². The summed E-state index contributed by atoms with van der Waals surface area (Å²) in [7, 11) is 0. The van der Waals surface area contributed by atoms with Crippen LogP contribution in [0.5, 0.6) is 0 Å². The van der Waals surface area contributed by atoms with E-state index in [1.54, 1.807) is 0 Å². The molecule has 1 N–H and O–H groups in total. The summed E-state index contributed by atoms with van der Waals surface area (Å²) in [6.45, 7) is 14.2. The van der Waals surface area contributed by atoms with Crippen LogP contribution in [-0.2, 0) is 11.3 Å². The molecule has 1 saturated heterocycles. The second kappa shape index (κ2) is 8.65. The molecule has 24 heavy (non-hydrogen) atoms. The highest BCUT2D eigenvalue weighted by atomic mass is 16.2. The van der Waals surface area contributed by atoms with E-state index in [-0.39, 0.29) is 17.9 Å². The maximum atomic E-state index is 12.5. The van der Waals surface area contributed by atoms with E-state index in [0.29, 0.717) is 6.54 Å². The number of hydrogen-bond donors (Lipinski definition) is 1. The lowest BCUT2D eigenvalue weighted by molar-refractivity contribution is -0.125. The number of likely N-dealkylation sites (tertiary alicyclic amines) is 1. The van der Waals surface area contributed by atoms with Gasteiger partial charge in [-0.15, -0.1) is 0 Å². The molecule has 1 aliphatic heterocycles. The summed E-state index contributed by atoms with van der Waals surface area (Å²) in [5.41, 5.74) is 3.43. The molecule has 1 aromatic heterocycles. The normalized spacial score (nSPS) is 18.9. The molecule has 0 saturated carbocycles. The third-order valence-electron chi connectivity index (χ3n) is 5.26. The van der Waals surface area contributed by atoms with Gasteiger partial charge in [0, 0.05) is 18.3 Å². The van der Waals surface area contributed by atoms with Crippen molar-refractivity contribution >= 4 is 5.91 Å². The SMILES string of the molecule is Cc1nn(C[C@@H](C)C(=O)N[C@@H](C)CN2CCCCCC2)c(C)c1C. The van der Waals surface area contributed by atoms with Crippen molar-refractivity contribution in [3.63, 3.8) is 0 Å². The van der Waals surface area contributed by atoms with Crippen LogP contribution in [0.3, 0.4) is 0 Å². The minimum atomic E-state index is -0.0750. The number of rotatable bonds is 6. The van der Waals surface area contributed by atoms with Crippen molar-refractivity contribution < 1.29 is 4.79 Å². The van der Waals surface area contributed by atoms with Crippen LogP contribution in [0.2, 0.25) is 0 Å². The Morgan fingerprint density at radius 1 is 1.08 bits per heavy atom. The number of nitrogens with one attached hydrogen (secondary N) is 1. The van der Waals surface area contributed by atoms with E-state index in [2.05, 4.69) is 36.1 Å². The highest BCUT2D eigenvalue weighted by Gasteiger charge is 2.19. The molecular weight excluding hydrogens is 300 g/mol. The van der Waals surface area contributed by atoms with Gasteiger partial charge in [-0.25, -0.2) is 0 Å². The maximum Gasteiger partial charge on any atom is 0.224 e. The standard InChI is InChI=1S/C19H34N4O/c1-14(12-23-18(5)16(3)17(4)21-23)19(24)20-15(2)13-22-10-8-6-7-9-11-22/h14-15H,6-13H2,1-5H3,(H,20,24)/t14-,15+/m1/s1. The summed E-state index contributed by atoms with van der Waals surface area (Å²) in [5.74, 6) is 0.0523. The van der Waals surface area contributed by atoms with Gasteiger partial charge in [-0.3, -0.25) is 9.48 Å². The molecular formula is C19H34N4O. The molecule has 0 spiro atoms. The van der Waals surface area contributed by atoms with Crippen LogP contribution >= 0.6 is 0 Å². The van der Waals surface area contributed by atoms with E-state index in [1.165, 1.54) is 44.3 Å². The molecule has 0 radical (unpaired) electrons. The minimum absolute atomic E-state index is 0.0750. The summed E-state index contributed by atoms with van der Waals surface area (Å²) in [6.07, 6.45) is 5.26. The Morgan fingerprint density at radius 3 is 2.25 bits per heavy atom. The summed E-state index contributed by atoms with van der Waals surface area (Å²) in [5, 5.41) is 7.73. The predicted octanol–water partition coefficient (Wildman–Crippen LogP) is 2.83. The Morgan fingerprint density at radius 2 is 1.71 bits per heavy atom. The fourth-order valence-electron chi connectivity index (χ4n) is 3.44. The highest BCUT2D eigenvalue weighted by Crippen LogP contribution is 2.13. The van der Waals surface area contributed by atoms with Crippen molar-refractivity contribution in [1.82, 2.24) is 20.0 Å². The lowest BCUT2D eigenvalue weighted by Gasteiger charge is -2.25. The molecule has 2 rings (SSSR count). The maximum absolute atomic E-state index is 12.5. The van der Waals surface area contributed by atoms with E-state index >= 15 is 0 Å². The third kappa shape index (κ3) is 5.07. The number of carbonyl (C=O) groups excluding carboxylic acids is 1.